The van der Waals surface area contributed by atoms with Crippen LogP contribution in [0.1, 0.15) is 12.5 Å². The molecular formula is C12H14F2O. The second-order valence-corrected chi connectivity index (χ2v) is 3.94. The van der Waals surface area contributed by atoms with Crippen molar-refractivity contribution < 1.29 is 13.9 Å². The van der Waals surface area contributed by atoms with Gasteiger partial charge in [0.2, 0.25) is 0 Å². The van der Waals surface area contributed by atoms with Crippen LogP contribution in [0.15, 0.2) is 30.9 Å². The van der Waals surface area contributed by atoms with Crippen molar-refractivity contribution in [3.05, 3.63) is 48.1 Å². The molecule has 82 valence electrons. The maximum absolute atomic E-state index is 12.9. The Labute approximate surface area is 88.1 Å². The first kappa shape index (κ1) is 11.9. The van der Waals surface area contributed by atoms with Gasteiger partial charge in [-0.1, -0.05) is 19.1 Å². The zero-order chi connectivity index (χ0) is 11.5. The molecule has 1 N–H and O–H groups in total. The van der Waals surface area contributed by atoms with E-state index in [2.05, 4.69) is 6.58 Å². The Morgan fingerprint density at radius 1 is 1.40 bits per heavy atom. The van der Waals surface area contributed by atoms with Crippen LogP contribution in [0, 0.1) is 17.0 Å². The quantitative estimate of drug-likeness (QED) is 0.761. The molecule has 1 rings (SSSR count). The summed E-state index contributed by atoms with van der Waals surface area (Å²) < 4.78 is 25.5. The number of rotatable bonds is 4. The minimum atomic E-state index is -0.864. The van der Waals surface area contributed by atoms with Crippen LogP contribution in [0.25, 0.3) is 0 Å². The summed E-state index contributed by atoms with van der Waals surface area (Å²) in [6.07, 6.45) is 2.05. The van der Waals surface area contributed by atoms with Gasteiger partial charge in [-0.3, -0.25) is 0 Å². The highest BCUT2D eigenvalue weighted by molar-refractivity contribution is 5.20. The highest BCUT2D eigenvalue weighted by Gasteiger charge is 2.20. The van der Waals surface area contributed by atoms with Crippen LogP contribution >= 0.6 is 0 Å². The van der Waals surface area contributed by atoms with Gasteiger partial charge in [0.1, 0.15) is 0 Å². The summed E-state index contributed by atoms with van der Waals surface area (Å²) in [4.78, 5) is 0. The summed E-state index contributed by atoms with van der Waals surface area (Å²) in [7, 11) is 0. The molecule has 0 aliphatic carbocycles. The van der Waals surface area contributed by atoms with Crippen LogP contribution in [0.3, 0.4) is 0 Å². The molecule has 0 saturated heterocycles. The molecule has 3 heteroatoms. The van der Waals surface area contributed by atoms with Crippen LogP contribution in [-0.2, 0) is 6.42 Å². The molecule has 1 atom stereocenters. The number of hydrogen-bond acceptors (Lipinski definition) is 1. The zero-order valence-electron chi connectivity index (χ0n) is 8.63. The Morgan fingerprint density at radius 2 is 2.07 bits per heavy atom. The third-order valence-corrected chi connectivity index (χ3v) is 2.45. The molecule has 1 nitrogen and oxygen atoms in total. The van der Waals surface area contributed by atoms with Crippen LogP contribution in [0.4, 0.5) is 8.78 Å². The normalized spacial score (nSPS) is 14.7. The van der Waals surface area contributed by atoms with E-state index in [1.54, 1.807) is 13.0 Å². The lowest BCUT2D eigenvalue weighted by Crippen LogP contribution is -2.21. The molecule has 0 heterocycles. The molecular weight excluding hydrogens is 198 g/mol. The molecule has 1 unspecified atom stereocenters. The first-order chi connectivity index (χ1) is 7.00. The topological polar surface area (TPSA) is 20.2 Å². The fourth-order valence-corrected chi connectivity index (χ4v) is 1.31. The van der Waals surface area contributed by atoms with Gasteiger partial charge in [0.15, 0.2) is 11.6 Å². The SMILES string of the molecule is C=CC(C)(CO)Cc1ccc(F)c(F)c1. The number of benzene rings is 1. The van der Waals surface area contributed by atoms with Gasteiger partial charge >= 0.3 is 0 Å². The lowest BCUT2D eigenvalue weighted by Gasteiger charge is -2.22. The molecule has 0 aliphatic rings. The van der Waals surface area contributed by atoms with Crippen molar-refractivity contribution in [2.24, 2.45) is 5.41 Å². The third kappa shape index (κ3) is 2.86. The molecule has 0 bridgehead atoms. The molecule has 1 aromatic carbocycles. The molecule has 0 amide bonds. The lowest BCUT2D eigenvalue weighted by atomic mass is 9.85. The lowest BCUT2D eigenvalue weighted by molar-refractivity contribution is 0.184. The van der Waals surface area contributed by atoms with E-state index < -0.39 is 17.0 Å². The third-order valence-electron chi connectivity index (χ3n) is 2.45. The van der Waals surface area contributed by atoms with Gasteiger partial charge in [-0.2, -0.15) is 0 Å². The Balaban J connectivity index is 2.89. The second-order valence-electron chi connectivity index (χ2n) is 3.94. The maximum Gasteiger partial charge on any atom is 0.159 e. The number of halogens is 2. The summed E-state index contributed by atoms with van der Waals surface area (Å²) >= 11 is 0. The van der Waals surface area contributed by atoms with E-state index in [4.69, 9.17) is 5.11 Å². The van der Waals surface area contributed by atoms with Crippen molar-refractivity contribution in [2.75, 3.05) is 6.61 Å². The highest BCUT2D eigenvalue weighted by Crippen LogP contribution is 2.23. The zero-order valence-corrected chi connectivity index (χ0v) is 8.63. The van der Waals surface area contributed by atoms with E-state index in [1.807, 2.05) is 0 Å². The van der Waals surface area contributed by atoms with Gasteiger partial charge in [0.25, 0.3) is 0 Å². The average Bonchev–Trinajstić information content (AvgIpc) is 2.23. The minimum Gasteiger partial charge on any atom is -0.395 e. The van der Waals surface area contributed by atoms with E-state index in [-0.39, 0.29) is 6.61 Å². The van der Waals surface area contributed by atoms with E-state index in [9.17, 15) is 8.78 Å². The van der Waals surface area contributed by atoms with E-state index in [0.717, 1.165) is 12.1 Å². The first-order valence-corrected chi connectivity index (χ1v) is 4.69. The van der Waals surface area contributed by atoms with Crippen molar-refractivity contribution in [3.63, 3.8) is 0 Å². The molecule has 0 saturated carbocycles. The van der Waals surface area contributed by atoms with Crippen LogP contribution < -0.4 is 0 Å². The van der Waals surface area contributed by atoms with Crippen LogP contribution in [0.5, 0.6) is 0 Å². The van der Waals surface area contributed by atoms with Crippen molar-refractivity contribution in [2.45, 2.75) is 13.3 Å². The number of aliphatic hydroxyl groups is 1. The average molecular weight is 212 g/mol. The molecule has 0 spiro atoms. The van der Waals surface area contributed by atoms with E-state index in [1.165, 1.54) is 6.07 Å². The van der Waals surface area contributed by atoms with Gasteiger partial charge in [-0.05, 0) is 24.1 Å². The van der Waals surface area contributed by atoms with Crippen molar-refractivity contribution in [3.8, 4) is 0 Å². The van der Waals surface area contributed by atoms with Gasteiger partial charge in [-0.15, -0.1) is 6.58 Å². The molecule has 1 aromatic rings. The fourth-order valence-electron chi connectivity index (χ4n) is 1.31. The van der Waals surface area contributed by atoms with Gasteiger partial charge < -0.3 is 5.11 Å². The standard InChI is InChI=1S/C12H14F2O/c1-3-12(2,8-15)7-9-4-5-10(13)11(14)6-9/h3-6,15H,1,7-8H2,2H3. The highest BCUT2D eigenvalue weighted by atomic mass is 19.2. The summed E-state index contributed by atoms with van der Waals surface area (Å²) in [6.45, 7) is 5.34. The predicted octanol–water partition coefficient (Wildman–Crippen LogP) is 2.69. The summed E-state index contributed by atoms with van der Waals surface area (Å²) in [5.41, 5.74) is 0.148. The van der Waals surface area contributed by atoms with Gasteiger partial charge in [-0.25, -0.2) is 8.78 Å². The first-order valence-electron chi connectivity index (χ1n) is 4.69. The molecule has 15 heavy (non-hydrogen) atoms. The maximum atomic E-state index is 12.9. The van der Waals surface area contributed by atoms with Crippen LogP contribution in [-0.4, -0.2) is 11.7 Å². The smallest absolute Gasteiger partial charge is 0.159 e. The predicted molar refractivity (Wildman–Crippen MR) is 55.5 cm³/mol. The molecule has 0 fully saturated rings. The molecule has 0 aromatic heterocycles. The number of hydrogen-bond donors (Lipinski definition) is 1. The summed E-state index contributed by atoms with van der Waals surface area (Å²) in [5.74, 6) is -1.72. The largest absolute Gasteiger partial charge is 0.395 e. The van der Waals surface area contributed by atoms with Crippen molar-refractivity contribution in [1.29, 1.82) is 0 Å². The van der Waals surface area contributed by atoms with Crippen LogP contribution in [0.2, 0.25) is 0 Å². The van der Waals surface area contributed by atoms with E-state index in [0.29, 0.717) is 12.0 Å². The second kappa shape index (κ2) is 4.53. The Morgan fingerprint density at radius 3 is 2.53 bits per heavy atom. The Bertz CT molecular complexity index is 363. The van der Waals surface area contributed by atoms with Gasteiger partial charge in [0, 0.05) is 5.41 Å². The fraction of sp³-hybridized carbons (Fsp3) is 0.333. The summed E-state index contributed by atoms with van der Waals surface area (Å²) in [6, 6.07) is 3.74. The van der Waals surface area contributed by atoms with Crippen molar-refractivity contribution >= 4 is 0 Å². The van der Waals surface area contributed by atoms with E-state index >= 15 is 0 Å². The Kier molecular flexibility index (Phi) is 3.58. The monoisotopic (exact) mass is 212 g/mol. The Hall–Kier alpha value is -1.22. The summed E-state index contributed by atoms with van der Waals surface area (Å²) in [5, 5.41) is 9.13. The molecule has 0 radical (unpaired) electrons. The van der Waals surface area contributed by atoms with Crippen molar-refractivity contribution in [1.82, 2.24) is 0 Å². The number of aliphatic hydroxyl groups excluding tert-OH is 1. The van der Waals surface area contributed by atoms with Gasteiger partial charge in [0.05, 0.1) is 6.61 Å². The minimum absolute atomic E-state index is 0.0739. The molecule has 0 aliphatic heterocycles.